The van der Waals surface area contributed by atoms with Crippen LogP contribution in [0.3, 0.4) is 0 Å². The number of carbonyl (C=O) groups excluding carboxylic acids is 1. The van der Waals surface area contributed by atoms with Gasteiger partial charge in [-0.15, -0.1) is 11.8 Å². The zero-order valence-corrected chi connectivity index (χ0v) is 13.6. The van der Waals surface area contributed by atoms with Gasteiger partial charge in [0, 0.05) is 14.9 Å². The molecule has 0 saturated heterocycles. The van der Waals surface area contributed by atoms with Crippen LogP contribution in [0.5, 0.6) is 11.5 Å². The molecule has 0 unspecified atom stereocenters. The molecule has 3 rings (SSSR count). The van der Waals surface area contributed by atoms with Crippen molar-refractivity contribution in [3.8, 4) is 11.5 Å². The van der Waals surface area contributed by atoms with E-state index in [0.717, 1.165) is 9.37 Å². The van der Waals surface area contributed by atoms with Gasteiger partial charge in [0.25, 0.3) is 0 Å². The van der Waals surface area contributed by atoms with Gasteiger partial charge in [-0.1, -0.05) is 22.0 Å². The summed E-state index contributed by atoms with van der Waals surface area (Å²) in [6, 6.07) is 13.3. The van der Waals surface area contributed by atoms with E-state index in [1.54, 1.807) is 18.2 Å². The maximum atomic E-state index is 12.3. The predicted octanol–water partition coefficient (Wildman–Crippen LogP) is 4.20. The first-order valence-electron chi connectivity index (χ1n) is 6.53. The standard InChI is InChI=1S/C16H13BrO3S/c17-12-2-1-3-13(9-12)21-10-14(18)11-4-5-15-16(8-11)20-7-6-19-15/h1-5,8-9H,6-7,10H2. The lowest BCUT2D eigenvalue weighted by Crippen LogP contribution is -2.16. The summed E-state index contributed by atoms with van der Waals surface area (Å²) in [5.41, 5.74) is 0.654. The molecule has 1 aliphatic heterocycles. The monoisotopic (exact) mass is 364 g/mol. The van der Waals surface area contributed by atoms with E-state index in [1.165, 1.54) is 11.8 Å². The quantitative estimate of drug-likeness (QED) is 0.601. The fraction of sp³-hybridized carbons (Fsp3) is 0.188. The molecular formula is C16H13BrO3S. The molecule has 0 radical (unpaired) electrons. The van der Waals surface area contributed by atoms with Crippen LogP contribution in [0.2, 0.25) is 0 Å². The van der Waals surface area contributed by atoms with Crippen LogP contribution in [0.4, 0.5) is 0 Å². The Kier molecular flexibility index (Phi) is 4.51. The van der Waals surface area contributed by atoms with Crippen LogP contribution in [-0.4, -0.2) is 24.7 Å². The van der Waals surface area contributed by atoms with E-state index < -0.39 is 0 Å². The highest BCUT2D eigenvalue weighted by atomic mass is 79.9. The minimum atomic E-state index is 0.0805. The van der Waals surface area contributed by atoms with Crippen LogP contribution in [0.1, 0.15) is 10.4 Å². The number of thioether (sulfide) groups is 1. The van der Waals surface area contributed by atoms with Crippen molar-refractivity contribution in [1.29, 1.82) is 0 Å². The third-order valence-corrected chi connectivity index (χ3v) is 4.52. The molecule has 0 spiro atoms. The van der Waals surface area contributed by atoms with Gasteiger partial charge >= 0.3 is 0 Å². The average Bonchev–Trinajstić information content (AvgIpc) is 2.52. The number of ketones is 1. The fourth-order valence-corrected chi connectivity index (χ4v) is 3.41. The first-order valence-corrected chi connectivity index (χ1v) is 8.31. The molecule has 108 valence electrons. The molecule has 0 fully saturated rings. The van der Waals surface area contributed by atoms with Gasteiger partial charge < -0.3 is 9.47 Å². The van der Waals surface area contributed by atoms with Crippen molar-refractivity contribution in [2.45, 2.75) is 4.90 Å². The van der Waals surface area contributed by atoms with E-state index in [1.807, 2.05) is 24.3 Å². The molecule has 1 heterocycles. The molecular weight excluding hydrogens is 352 g/mol. The summed E-state index contributed by atoms with van der Waals surface area (Å²) in [7, 11) is 0. The first-order chi connectivity index (χ1) is 10.2. The molecule has 0 saturated carbocycles. The number of benzene rings is 2. The number of hydrogen-bond acceptors (Lipinski definition) is 4. The molecule has 0 atom stereocenters. The highest BCUT2D eigenvalue weighted by molar-refractivity contribution is 9.10. The van der Waals surface area contributed by atoms with Gasteiger partial charge in [0.1, 0.15) is 13.2 Å². The van der Waals surface area contributed by atoms with Gasteiger partial charge in [0.15, 0.2) is 17.3 Å². The second kappa shape index (κ2) is 6.54. The Bertz CT molecular complexity index is 672. The van der Waals surface area contributed by atoms with Gasteiger partial charge in [-0.05, 0) is 36.4 Å². The smallest absolute Gasteiger partial charge is 0.173 e. The molecule has 3 nitrogen and oxygen atoms in total. The minimum Gasteiger partial charge on any atom is -0.486 e. The van der Waals surface area contributed by atoms with E-state index in [2.05, 4.69) is 15.9 Å². The zero-order chi connectivity index (χ0) is 14.7. The summed E-state index contributed by atoms with van der Waals surface area (Å²) >= 11 is 4.95. The number of carbonyl (C=O) groups is 1. The largest absolute Gasteiger partial charge is 0.486 e. The van der Waals surface area contributed by atoms with Gasteiger partial charge in [-0.2, -0.15) is 0 Å². The summed E-state index contributed by atoms with van der Waals surface area (Å²) in [6.07, 6.45) is 0. The zero-order valence-electron chi connectivity index (χ0n) is 11.2. The topological polar surface area (TPSA) is 35.5 Å². The van der Waals surface area contributed by atoms with Crippen LogP contribution in [0, 0.1) is 0 Å². The molecule has 5 heteroatoms. The van der Waals surface area contributed by atoms with Gasteiger partial charge in [-0.3, -0.25) is 4.79 Å². The second-order valence-corrected chi connectivity index (χ2v) is 6.49. The number of hydrogen-bond donors (Lipinski definition) is 0. The summed E-state index contributed by atoms with van der Waals surface area (Å²) < 4.78 is 12.0. The van der Waals surface area contributed by atoms with Crippen LogP contribution >= 0.6 is 27.7 Å². The van der Waals surface area contributed by atoms with Crippen LogP contribution in [0.25, 0.3) is 0 Å². The van der Waals surface area contributed by atoms with Crippen molar-refractivity contribution >= 4 is 33.5 Å². The third kappa shape index (κ3) is 3.60. The normalized spacial score (nSPS) is 13.0. The number of halogens is 1. The number of Topliss-reactive ketones (excluding diaryl/α,β-unsaturated/α-hetero) is 1. The van der Waals surface area contributed by atoms with E-state index in [4.69, 9.17) is 9.47 Å². The Morgan fingerprint density at radius 3 is 2.71 bits per heavy atom. The predicted molar refractivity (Wildman–Crippen MR) is 86.6 cm³/mol. The van der Waals surface area contributed by atoms with E-state index in [0.29, 0.717) is 36.0 Å². The minimum absolute atomic E-state index is 0.0805. The second-order valence-electron chi connectivity index (χ2n) is 4.53. The van der Waals surface area contributed by atoms with Gasteiger partial charge in [-0.25, -0.2) is 0 Å². The lowest BCUT2D eigenvalue weighted by atomic mass is 10.1. The molecule has 0 aromatic heterocycles. The first kappa shape index (κ1) is 14.5. The van der Waals surface area contributed by atoms with Gasteiger partial charge in [0.2, 0.25) is 0 Å². The Hall–Kier alpha value is -1.46. The van der Waals surface area contributed by atoms with Crippen molar-refractivity contribution in [1.82, 2.24) is 0 Å². The lowest BCUT2D eigenvalue weighted by molar-refractivity contribution is 0.102. The van der Waals surface area contributed by atoms with E-state index >= 15 is 0 Å². The molecule has 0 N–H and O–H groups in total. The van der Waals surface area contributed by atoms with Crippen LogP contribution in [0.15, 0.2) is 51.8 Å². The van der Waals surface area contributed by atoms with E-state index in [9.17, 15) is 4.79 Å². The Balaban J connectivity index is 1.68. The van der Waals surface area contributed by atoms with Crippen molar-refractivity contribution in [3.05, 3.63) is 52.5 Å². The summed E-state index contributed by atoms with van der Waals surface area (Å²) in [4.78, 5) is 13.3. The maximum Gasteiger partial charge on any atom is 0.173 e. The SMILES string of the molecule is O=C(CSc1cccc(Br)c1)c1ccc2c(c1)OCCO2. The molecule has 0 bridgehead atoms. The Morgan fingerprint density at radius 1 is 1.10 bits per heavy atom. The van der Waals surface area contributed by atoms with Gasteiger partial charge in [0.05, 0.1) is 5.75 Å². The Labute approximate surface area is 135 Å². The highest BCUT2D eigenvalue weighted by Gasteiger charge is 2.15. The third-order valence-electron chi connectivity index (χ3n) is 3.03. The number of ether oxygens (including phenoxy) is 2. The van der Waals surface area contributed by atoms with Crippen molar-refractivity contribution in [2.75, 3.05) is 19.0 Å². The summed E-state index contributed by atoms with van der Waals surface area (Å²) in [5, 5.41) is 0. The van der Waals surface area contributed by atoms with Crippen molar-refractivity contribution in [3.63, 3.8) is 0 Å². The van der Waals surface area contributed by atoms with Crippen LogP contribution in [-0.2, 0) is 0 Å². The molecule has 0 amide bonds. The average molecular weight is 365 g/mol. The number of fused-ring (bicyclic) bond motifs is 1. The molecule has 2 aromatic rings. The Morgan fingerprint density at radius 2 is 1.90 bits per heavy atom. The molecule has 21 heavy (non-hydrogen) atoms. The molecule has 2 aromatic carbocycles. The fourth-order valence-electron chi connectivity index (χ4n) is 2.01. The van der Waals surface area contributed by atoms with E-state index in [-0.39, 0.29) is 5.78 Å². The van der Waals surface area contributed by atoms with Crippen molar-refractivity contribution < 1.29 is 14.3 Å². The molecule has 1 aliphatic rings. The number of rotatable bonds is 4. The lowest BCUT2D eigenvalue weighted by Gasteiger charge is -2.18. The van der Waals surface area contributed by atoms with Crippen molar-refractivity contribution in [2.24, 2.45) is 0 Å². The molecule has 0 aliphatic carbocycles. The van der Waals surface area contributed by atoms with Crippen LogP contribution < -0.4 is 9.47 Å². The maximum absolute atomic E-state index is 12.3. The summed E-state index contributed by atoms with van der Waals surface area (Å²) in [5.74, 6) is 1.84. The highest BCUT2D eigenvalue weighted by Crippen LogP contribution is 2.31. The summed E-state index contributed by atoms with van der Waals surface area (Å²) in [6.45, 7) is 1.08.